The lowest BCUT2D eigenvalue weighted by Crippen LogP contribution is -2.11. The van der Waals surface area contributed by atoms with Crippen LogP contribution in [0.15, 0.2) is 60.7 Å². The summed E-state index contributed by atoms with van der Waals surface area (Å²) in [5.41, 5.74) is 1.97. The molecule has 0 aliphatic rings. The Morgan fingerprint density at radius 1 is 0.920 bits per heavy atom. The molecule has 0 saturated carbocycles. The molecule has 1 aromatic heterocycles. The molecule has 1 heterocycles. The Hall–Kier alpha value is -3.05. The normalized spacial score (nSPS) is 10.9. The minimum Gasteiger partial charge on any atom is -0.298 e. The predicted octanol–water partition coefficient (Wildman–Crippen LogP) is 4.90. The van der Waals surface area contributed by atoms with Crippen LogP contribution in [0.25, 0.3) is 21.0 Å². The van der Waals surface area contributed by atoms with Crippen LogP contribution in [0, 0.1) is 0 Å². The van der Waals surface area contributed by atoms with Gasteiger partial charge in [-0.3, -0.25) is 14.9 Å². The average Bonchev–Trinajstić information content (AvgIpc) is 3.04. The quantitative estimate of drug-likeness (QED) is 0.537. The van der Waals surface area contributed by atoms with Crippen molar-refractivity contribution in [3.8, 4) is 0 Å². The van der Waals surface area contributed by atoms with Crippen molar-refractivity contribution < 1.29 is 9.59 Å². The number of rotatable bonds is 3. The maximum Gasteiger partial charge on any atom is 0.257 e. The van der Waals surface area contributed by atoms with Crippen LogP contribution in [0.2, 0.25) is 0 Å². The van der Waals surface area contributed by atoms with Crippen LogP contribution in [0.5, 0.6) is 0 Å². The first-order valence-electron chi connectivity index (χ1n) is 7.82. The van der Waals surface area contributed by atoms with E-state index >= 15 is 0 Å². The first-order valence-corrected chi connectivity index (χ1v) is 8.64. The lowest BCUT2D eigenvalue weighted by atomic mass is 10.1. The number of thiazole rings is 1. The van der Waals surface area contributed by atoms with E-state index in [1.165, 1.54) is 18.3 Å². The van der Waals surface area contributed by atoms with E-state index in [1.807, 2.05) is 30.3 Å². The fourth-order valence-corrected chi connectivity index (χ4v) is 3.62. The summed E-state index contributed by atoms with van der Waals surface area (Å²) in [5.74, 6) is -0.261. The lowest BCUT2D eigenvalue weighted by molar-refractivity contribution is 0.101. The largest absolute Gasteiger partial charge is 0.298 e. The second kappa shape index (κ2) is 6.11. The summed E-state index contributed by atoms with van der Waals surface area (Å²) in [6, 6.07) is 18.7. The highest BCUT2D eigenvalue weighted by Gasteiger charge is 2.12. The molecule has 0 spiro atoms. The van der Waals surface area contributed by atoms with Gasteiger partial charge in [-0.05, 0) is 30.5 Å². The molecule has 4 rings (SSSR count). The van der Waals surface area contributed by atoms with Crippen molar-refractivity contribution in [2.45, 2.75) is 6.92 Å². The summed E-state index contributed by atoms with van der Waals surface area (Å²) in [6.07, 6.45) is 0. The molecule has 1 amide bonds. The Morgan fingerprint density at radius 3 is 2.40 bits per heavy atom. The Kier molecular flexibility index (Phi) is 3.78. The topological polar surface area (TPSA) is 59.1 Å². The zero-order chi connectivity index (χ0) is 17.4. The predicted molar refractivity (Wildman–Crippen MR) is 102 cm³/mol. The van der Waals surface area contributed by atoms with Crippen LogP contribution >= 0.6 is 11.3 Å². The highest BCUT2D eigenvalue weighted by Crippen LogP contribution is 2.31. The summed E-state index contributed by atoms with van der Waals surface area (Å²) in [6.45, 7) is 1.50. The van der Waals surface area contributed by atoms with E-state index in [9.17, 15) is 9.59 Å². The maximum absolute atomic E-state index is 12.4. The standard InChI is InChI=1S/C20H14N2O2S/c1-12(23)13-6-8-15(9-7-13)19(24)22-20-21-18-16-5-3-2-4-14(16)10-11-17(18)25-20/h2-11H,1H3,(H,21,22,24). The molecule has 0 aliphatic carbocycles. The fourth-order valence-electron chi connectivity index (χ4n) is 2.74. The summed E-state index contributed by atoms with van der Waals surface area (Å²) in [5, 5.41) is 5.60. The molecule has 4 nitrogen and oxygen atoms in total. The molecule has 0 fully saturated rings. The number of nitrogens with zero attached hydrogens (tertiary/aromatic N) is 1. The monoisotopic (exact) mass is 346 g/mol. The van der Waals surface area contributed by atoms with Gasteiger partial charge in [0.2, 0.25) is 0 Å². The summed E-state index contributed by atoms with van der Waals surface area (Å²) in [4.78, 5) is 28.3. The molecule has 3 aromatic carbocycles. The van der Waals surface area contributed by atoms with E-state index in [2.05, 4.69) is 16.4 Å². The van der Waals surface area contributed by atoms with Gasteiger partial charge in [-0.2, -0.15) is 0 Å². The zero-order valence-electron chi connectivity index (χ0n) is 13.4. The molecule has 0 atom stereocenters. The third-order valence-corrected chi connectivity index (χ3v) is 4.99. The van der Waals surface area contributed by atoms with Gasteiger partial charge in [-0.1, -0.05) is 53.8 Å². The molecule has 0 bridgehead atoms. The van der Waals surface area contributed by atoms with Crippen molar-refractivity contribution in [3.05, 3.63) is 71.8 Å². The highest BCUT2D eigenvalue weighted by atomic mass is 32.1. The molecule has 0 radical (unpaired) electrons. The molecular weight excluding hydrogens is 332 g/mol. The number of benzene rings is 3. The molecule has 0 aliphatic heterocycles. The van der Waals surface area contributed by atoms with Gasteiger partial charge < -0.3 is 0 Å². The van der Waals surface area contributed by atoms with Crippen molar-refractivity contribution in [3.63, 3.8) is 0 Å². The van der Waals surface area contributed by atoms with E-state index < -0.39 is 0 Å². The number of aromatic nitrogens is 1. The molecule has 5 heteroatoms. The Balaban J connectivity index is 1.65. The number of amides is 1. The van der Waals surface area contributed by atoms with E-state index in [-0.39, 0.29) is 11.7 Å². The van der Waals surface area contributed by atoms with Crippen LogP contribution in [0.3, 0.4) is 0 Å². The van der Waals surface area contributed by atoms with E-state index in [0.717, 1.165) is 21.0 Å². The van der Waals surface area contributed by atoms with Gasteiger partial charge in [0.05, 0.1) is 10.2 Å². The number of nitrogens with one attached hydrogen (secondary N) is 1. The van der Waals surface area contributed by atoms with Crippen molar-refractivity contribution in [1.82, 2.24) is 4.98 Å². The Morgan fingerprint density at radius 2 is 1.64 bits per heavy atom. The molecular formula is C20H14N2O2S. The molecule has 1 N–H and O–H groups in total. The number of ketones is 1. The van der Waals surface area contributed by atoms with Crippen molar-refractivity contribution in [2.24, 2.45) is 0 Å². The number of carbonyl (C=O) groups excluding carboxylic acids is 2. The second-order valence-electron chi connectivity index (χ2n) is 5.74. The third kappa shape index (κ3) is 2.90. The second-order valence-corrected chi connectivity index (χ2v) is 6.77. The van der Waals surface area contributed by atoms with Crippen LogP contribution in [-0.4, -0.2) is 16.7 Å². The smallest absolute Gasteiger partial charge is 0.257 e. The summed E-state index contributed by atoms with van der Waals surface area (Å²) < 4.78 is 1.03. The first-order chi connectivity index (χ1) is 12.1. The fraction of sp³-hybridized carbons (Fsp3) is 0.0500. The number of Topliss-reactive ketones (excluding diaryl/α,β-unsaturated/α-hetero) is 1. The van der Waals surface area contributed by atoms with Crippen molar-refractivity contribution in [2.75, 3.05) is 5.32 Å². The van der Waals surface area contributed by atoms with Gasteiger partial charge in [-0.25, -0.2) is 4.98 Å². The van der Waals surface area contributed by atoms with E-state index in [1.54, 1.807) is 24.3 Å². The van der Waals surface area contributed by atoms with E-state index in [4.69, 9.17) is 0 Å². The average molecular weight is 346 g/mol. The molecule has 25 heavy (non-hydrogen) atoms. The number of carbonyl (C=O) groups is 2. The SMILES string of the molecule is CC(=O)c1ccc(C(=O)Nc2nc3c(ccc4ccccc43)s2)cc1. The minimum absolute atomic E-state index is 0.0231. The summed E-state index contributed by atoms with van der Waals surface area (Å²) in [7, 11) is 0. The highest BCUT2D eigenvalue weighted by molar-refractivity contribution is 7.22. The van der Waals surface area contributed by atoms with Gasteiger partial charge in [0, 0.05) is 16.5 Å². The van der Waals surface area contributed by atoms with Gasteiger partial charge >= 0.3 is 0 Å². The molecule has 0 saturated heterocycles. The Labute approximate surface area is 148 Å². The van der Waals surface area contributed by atoms with Gasteiger partial charge in [0.15, 0.2) is 10.9 Å². The van der Waals surface area contributed by atoms with Gasteiger partial charge in [0.25, 0.3) is 5.91 Å². The van der Waals surface area contributed by atoms with Crippen molar-refractivity contribution in [1.29, 1.82) is 0 Å². The third-order valence-electron chi connectivity index (χ3n) is 4.06. The van der Waals surface area contributed by atoms with Crippen LogP contribution in [0.1, 0.15) is 27.6 Å². The van der Waals surface area contributed by atoms with Gasteiger partial charge in [0.1, 0.15) is 0 Å². The maximum atomic E-state index is 12.4. The molecule has 122 valence electrons. The number of anilines is 1. The number of fused-ring (bicyclic) bond motifs is 3. The minimum atomic E-state index is -0.238. The Bertz CT molecular complexity index is 1110. The van der Waals surface area contributed by atoms with Gasteiger partial charge in [-0.15, -0.1) is 0 Å². The zero-order valence-corrected chi connectivity index (χ0v) is 14.3. The first kappa shape index (κ1) is 15.5. The molecule has 0 unspecified atom stereocenters. The van der Waals surface area contributed by atoms with E-state index in [0.29, 0.717) is 16.3 Å². The lowest BCUT2D eigenvalue weighted by Gasteiger charge is -2.02. The van der Waals surface area contributed by atoms with Crippen molar-refractivity contribution >= 4 is 49.1 Å². The molecule has 4 aromatic rings. The number of hydrogen-bond acceptors (Lipinski definition) is 4. The van der Waals surface area contributed by atoms with Crippen LogP contribution in [-0.2, 0) is 0 Å². The summed E-state index contributed by atoms with van der Waals surface area (Å²) >= 11 is 1.45. The number of hydrogen-bond donors (Lipinski definition) is 1. The van der Waals surface area contributed by atoms with Crippen LogP contribution < -0.4 is 5.32 Å². The van der Waals surface area contributed by atoms with Crippen LogP contribution in [0.4, 0.5) is 5.13 Å².